The number of amides is 1. The molecule has 1 amide bonds. The van der Waals surface area contributed by atoms with Gasteiger partial charge >= 0.3 is 0 Å². The van der Waals surface area contributed by atoms with E-state index in [4.69, 9.17) is 47.4 Å². The molecule has 256 valence electrons. The molecule has 0 bridgehead atoms. The van der Waals surface area contributed by atoms with Crippen LogP contribution in [0, 0.1) is 11.8 Å². The van der Waals surface area contributed by atoms with Crippen molar-refractivity contribution < 1.29 is 57.0 Å². The summed E-state index contributed by atoms with van der Waals surface area (Å²) in [5.74, 6) is 0.291. The summed E-state index contributed by atoms with van der Waals surface area (Å²) in [5.41, 5.74) is 0. The summed E-state index contributed by atoms with van der Waals surface area (Å²) in [6.07, 6.45) is 0.453. The van der Waals surface area contributed by atoms with Gasteiger partial charge in [-0.05, 0) is 0 Å². The molecule has 13 heteroatoms. The van der Waals surface area contributed by atoms with Crippen LogP contribution in [0.5, 0.6) is 0 Å². The second-order valence-electron chi connectivity index (χ2n) is 9.94. The Labute approximate surface area is 258 Å². The van der Waals surface area contributed by atoms with Gasteiger partial charge in [-0.1, -0.05) is 27.7 Å². The highest BCUT2D eigenvalue weighted by Gasteiger charge is 2.06. The van der Waals surface area contributed by atoms with Gasteiger partial charge in [0.2, 0.25) is 5.91 Å². The predicted octanol–water partition coefficient (Wildman–Crippen LogP) is 1.54. The standard InChI is InChI=1S/C30H59NO12/c1-27(2)29(32)5-7-34-9-11-36-13-15-38-17-19-40-21-23-42-25-26-43-24-22-41-20-18-39-16-14-37-12-10-35-8-6-31-30(33)28(3)4/h27-28H,5-26H2,1-4H3,(H,31,33). The van der Waals surface area contributed by atoms with Gasteiger partial charge in [-0.3, -0.25) is 9.59 Å². The second kappa shape index (κ2) is 33.6. The van der Waals surface area contributed by atoms with Crippen LogP contribution < -0.4 is 5.32 Å². The van der Waals surface area contributed by atoms with E-state index in [1.807, 2.05) is 27.7 Å². The van der Waals surface area contributed by atoms with Gasteiger partial charge in [0, 0.05) is 24.8 Å². The minimum absolute atomic E-state index is 0.0145. The Bertz CT molecular complexity index is 560. The predicted molar refractivity (Wildman–Crippen MR) is 160 cm³/mol. The number of ether oxygens (including phenoxy) is 10. The fraction of sp³-hybridized carbons (Fsp3) is 0.933. The largest absolute Gasteiger partial charge is 0.379 e. The first-order valence-corrected chi connectivity index (χ1v) is 15.5. The lowest BCUT2D eigenvalue weighted by molar-refractivity contribution is -0.124. The average Bonchev–Trinajstić information content (AvgIpc) is 2.99. The highest BCUT2D eigenvalue weighted by Crippen LogP contribution is 1.98. The highest BCUT2D eigenvalue weighted by molar-refractivity contribution is 5.80. The van der Waals surface area contributed by atoms with Gasteiger partial charge in [0.1, 0.15) is 5.78 Å². The van der Waals surface area contributed by atoms with Gasteiger partial charge in [0.25, 0.3) is 0 Å². The van der Waals surface area contributed by atoms with Crippen molar-refractivity contribution in [3.05, 3.63) is 0 Å². The maximum absolute atomic E-state index is 11.5. The lowest BCUT2D eigenvalue weighted by Gasteiger charge is -2.09. The molecule has 0 spiro atoms. The third kappa shape index (κ3) is 33.5. The number of hydrogen-bond donors (Lipinski definition) is 1. The molecule has 0 radical (unpaired) electrons. The molecular formula is C30H59NO12. The summed E-state index contributed by atoms with van der Waals surface area (Å²) in [6, 6.07) is 0. The van der Waals surface area contributed by atoms with Crippen LogP contribution in [0.3, 0.4) is 0 Å². The van der Waals surface area contributed by atoms with E-state index in [9.17, 15) is 9.59 Å². The minimum Gasteiger partial charge on any atom is -0.379 e. The normalized spacial score (nSPS) is 11.6. The van der Waals surface area contributed by atoms with Crippen LogP contribution in [0.2, 0.25) is 0 Å². The van der Waals surface area contributed by atoms with E-state index in [-0.39, 0.29) is 23.5 Å². The van der Waals surface area contributed by atoms with E-state index in [2.05, 4.69) is 5.32 Å². The first-order chi connectivity index (χ1) is 20.9. The van der Waals surface area contributed by atoms with E-state index in [1.54, 1.807) is 0 Å². The Morgan fingerprint density at radius 2 is 0.651 bits per heavy atom. The van der Waals surface area contributed by atoms with Crippen molar-refractivity contribution in [3.63, 3.8) is 0 Å². The maximum atomic E-state index is 11.5. The van der Waals surface area contributed by atoms with Crippen molar-refractivity contribution in [1.29, 1.82) is 0 Å². The number of hydrogen-bond acceptors (Lipinski definition) is 12. The number of carbonyl (C=O) groups excluding carboxylic acids is 2. The van der Waals surface area contributed by atoms with E-state index in [0.717, 1.165) is 0 Å². The van der Waals surface area contributed by atoms with Crippen molar-refractivity contribution in [2.24, 2.45) is 11.8 Å². The second-order valence-corrected chi connectivity index (χ2v) is 9.94. The zero-order valence-corrected chi connectivity index (χ0v) is 27.1. The first kappa shape index (κ1) is 41.7. The fourth-order valence-corrected chi connectivity index (χ4v) is 2.99. The lowest BCUT2D eigenvalue weighted by atomic mass is 10.1. The minimum atomic E-state index is -0.0145. The van der Waals surface area contributed by atoms with Crippen LogP contribution >= 0.6 is 0 Å². The molecule has 0 aliphatic carbocycles. The molecule has 0 unspecified atom stereocenters. The summed E-state index contributed by atoms with van der Waals surface area (Å²) in [5, 5.41) is 2.79. The summed E-state index contributed by atoms with van der Waals surface area (Å²) in [6.45, 7) is 17.8. The van der Waals surface area contributed by atoms with Crippen LogP contribution in [0.15, 0.2) is 0 Å². The van der Waals surface area contributed by atoms with Crippen molar-refractivity contribution in [2.75, 3.05) is 139 Å². The molecule has 0 aliphatic heterocycles. The highest BCUT2D eigenvalue weighted by atomic mass is 16.6. The molecule has 0 aromatic carbocycles. The molecule has 0 rings (SSSR count). The Balaban J connectivity index is 3.09. The SMILES string of the molecule is CC(C)C(=O)CCOCCOCCOCCOCCOCCOCCOCCOCCOCCOCCNC(=O)C(C)C. The maximum Gasteiger partial charge on any atom is 0.222 e. The molecule has 0 aromatic heterocycles. The molecule has 0 heterocycles. The van der Waals surface area contributed by atoms with E-state index >= 15 is 0 Å². The van der Waals surface area contributed by atoms with Gasteiger partial charge in [0.05, 0.1) is 132 Å². The van der Waals surface area contributed by atoms with Crippen molar-refractivity contribution in [3.8, 4) is 0 Å². The average molecular weight is 626 g/mol. The van der Waals surface area contributed by atoms with Gasteiger partial charge in [-0.15, -0.1) is 0 Å². The molecule has 0 aromatic rings. The fourth-order valence-electron chi connectivity index (χ4n) is 2.99. The molecular weight excluding hydrogens is 566 g/mol. The van der Waals surface area contributed by atoms with Gasteiger partial charge in [-0.2, -0.15) is 0 Å². The zero-order valence-electron chi connectivity index (χ0n) is 27.1. The van der Waals surface area contributed by atoms with Crippen LogP contribution in [-0.4, -0.2) is 150 Å². The number of nitrogens with one attached hydrogen (secondary N) is 1. The van der Waals surface area contributed by atoms with Gasteiger partial charge in [-0.25, -0.2) is 0 Å². The lowest BCUT2D eigenvalue weighted by Crippen LogP contribution is -2.31. The summed E-state index contributed by atoms with van der Waals surface area (Å²) in [4.78, 5) is 22.8. The Morgan fingerprint density at radius 1 is 0.395 bits per heavy atom. The molecule has 0 atom stereocenters. The third-order valence-electron chi connectivity index (χ3n) is 5.55. The van der Waals surface area contributed by atoms with Crippen molar-refractivity contribution >= 4 is 11.7 Å². The van der Waals surface area contributed by atoms with Crippen LogP contribution in [-0.2, 0) is 57.0 Å². The summed E-state index contributed by atoms with van der Waals surface area (Å²) in [7, 11) is 0. The number of carbonyl (C=O) groups is 2. The van der Waals surface area contributed by atoms with Crippen molar-refractivity contribution in [2.45, 2.75) is 34.1 Å². The van der Waals surface area contributed by atoms with E-state index < -0.39 is 0 Å². The summed E-state index contributed by atoms with van der Waals surface area (Å²) < 4.78 is 54.3. The molecule has 0 saturated carbocycles. The Morgan fingerprint density at radius 3 is 0.907 bits per heavy atom. The van der Waals surface area contributed by atoms with E-state index in [0.29, 0.717) is 145 Å². The van der Waals surface area contributed by atoms with Crippen LogP contribution in [0.1, 0.15) is 34.1 Å². The van der Waals surface area contributed by atoms with Gasteiger partial charge in [0.15, 0.2) is 0 Å². The number of ketones is 1. The molecule has 0 aliphatic rings. The molecule has 43 heavy (non-hydrogen) atoms. The molecule has 0 saturated heterocycles. The van der Waals surface area contributed by atoms with Crippen molar-refractivity contribution in [1.82, 2.24) is 5.32 Å². The quantitative estimate of drug-likeness (QED) is 0.102. The zero-order chi connectivity index (χ0) is 31.6. The van der Waals surface area contributed by atoms with Gasteiger partial charge < -0.3 is 52.7 Å². The molecule has 13 nitrogen and oxygen atoms in total. The Kier molecular flexibility index (Phi) is 32.6. The number of Topliss-reactive ketones (excluding diaryl/α,β-unsaturated/α-hetero) is 1. The Hall–Kier alpha value is -1.26. The molecule has 0 fully saturated rings. The van der Waals surface area contributed by atoms with Crippen LogP contribution in [0.25, 0.3) is 0 Å². The molecule has 1 N–H and O–H groups in total. The third-order valence-corrected chi connectivity index (χ3v) is 5.55. The first-order valence-electron chi connectivity index (χ1n) is 15.5. The number of rotatable bonds is 35. The smallest absolute Gasteiger partial charge is 0.222 e. The van der Waals surface area contributed by atoms with Crippen LogP contribution in [0.4, 0.5) is 0 Å². The topological polar surface area (TPSA) is 138 Å². The van der Waals surface area contributed by atoms with E-state index in [1.165, 1.54) is 0 Å². The monoisotopic (exact) mass is 625 g/mol. The summed E-state index contributed by atoms with van der Waals surface area (Å²) >= 11 is 0.